The standard InChI is InChI=1S/C15H24BrNS/c1-3-4-12-5-7-13(8-6-12)17-11(2)15-14(16)9-10-18-15/h9-13,17H,3-8H2,1-2H3. The van der Waals surface area contributed by atoms with Gasteiger partial charge in [0.1, 0.15) is 0 Å². The van der Waals surface area contributed by atoms with Crippen LogP contribution in [0.2, 0.25) is 0 Å². The van der Waals surface area contributed by atoms with Gasteiger partial charge in [0.15, 0.2) is 0 Å². The molecule has 1 heterocycles. The van der Waals surface area contributed by atoms with Gasteiger partial charge in [-0.2, -0.15) is 0 Å². The molecule has 0 radical (unpaired) electrons. The maximum atomic E-state index is 3.81. The summed E-state index contributed by atoms with van der Waals surface area (Å²) in [6.45, 7) is 4.59. The Labute approximate surface area is 123 Å². The molecule has 1 atom stereocenters. The predicted molar refractivity (Wildman–Crippen MR) is 84.2 cm³/mol. The predicted octanol–water partition coefficient (Wildman–Crippen LogP) is 5.52. The molecule has 0 aliphatic heterocycles. The van der Waals surface area contributed by atoms with E-state index in [0.717, 1.165) is 12.0 Å². The van der Waals surface area contributed by atoms with Crippen molar-refractivity contribution in [1.29, 1.82) is 0 Å². The first kappa shape index (κ1) is 14.5. The average molecular weight is 330 g/mol. The lowest BCUT2D eigenvalue weighted by Gasteiger charge is -2.31. The molecule has 18 heavy (non-hydrogen) atoms. The summed E-state index contributed by atoms with van der Waals surface area (Å²) in [4.78, 5) is 1.44. The molecule has 0 aromatic carbocycles. The van der Waals surface area contributed by atoms with Crippen LogP contribution in [0.1, 0.15) is 63.3 Å². The van der Waals surface area contributed by atoms with Gasteiger partial charge >= 0.3 is 0 Å². The highest BCUT2D eigenvalue weighted by Gasteiger charge is 2.22. The van der Waals surface area contributed by atoms with Crippen molar-refractivity contribution in [1.82, 2.24) is 5.32 Å². The minimum absolute atomic E-state index is 0.479. The summed E-state index contributed by atoms with van der Waals surface area (Å²) in [7, 11) is 0. The Balaban J connectivity index is 1.79. The van der Waals surface area contributed by atoms with E-state index in [0.29, 0.717) is 6.04 Å². The lowest BCUT2D eigenvalue weighted by Crippen LogP contribution is -2.34. The van der Waals surface area contributed by atoms with Gasteiger partial charge in [0.2, 0.25) is 0 Å². The minimum Gasteiger partial charge on any atom is -0.307 e. The van der Waals surface area contributed by atoms with Gasteiger partial charge in [-0.05, 0) is 65.9 Å². The van der Waals surface area contributed by atoms with Crippen LogP contribution in [0, 0.1) is 5.92 Å². The molecule has 1 saturated carbocycles. The summed E-state index contributed by atoms with van der Waals surface area (Å²) in [5, 5.41) is 5.97. The van der Waals surface area contributed by atoms with E-state index in [1.807, 2.05) is 11.3 Å². The Kier molecular flexibility index (Phi) is 5.71. The summed E-state index contributed by atoms with van der Waals surface area (Å²) in [6.07, 6.45) is 8.34. The van der Waals surface area contributed by atoms with E-state index in [-0.39, 0.29) is 0 Å². The molecule has 0 spiro atoms. The third kappa shape index (κ3) is 3.82. The molecular weight excluding hydrogens is 306 g/mol. The first-order chi connectivity index (χ1) is 8.70. The second-order valence-electron chi connectivity index (χ2n) is 5.53. The van der Waals surface area contributed by atoms with Crippen LogP contribution in [0.3, 0.4) is 0 Å². The normalized spacial score (nSPS) is 26.2. The molecule has 1 nitrogen and oxygen atoms in total. The van der Waals surface area contributed by atoms with Crippen LogP contribution in [0.4, 0.5) is 0 Å². The van der Waals surface area contributed by atoms with Crippen molar-refractivity contribution in [2.24, 2.45) is 5.92 Å². The molecule has 1 aliphatic carbocycles. The van der Waals surface area contributed by atoms with Crippen molar-refractivity contribution in [2.75, 3.05) is 0 Å². The molecule has 0 bridgehead atoms. The molecule has 3 heteroatoms. The molecule has 102 valence electrons. The summed E-state index contributed by atoms with van der Waals surface area (Å²) in [6, 6.07) is 3.35. The van der Waals surface area contributed by atoms with E-state index in [2.05, 4.69) is 46.5 Å². The van der Waals surface area contributed by atoms with Crippen molar-refractivity contribution >= 4 is 27.3 Å². The van der Waals surface area contributed by atoms with Gasteiger partial charge in [-0.25, -0.2) is 0 Å². The zero-order valence-corrected chi connectivity index (χ0v) is 13.8. The Hall–Kier alpha value is 0.140. The molecule has 2 rings (SSSR count). The quantitative estimate of drug-likeness (QED) is 0.749. The van der Waals surface area contributed by atoms with Crippen LogP contribution in [0.25, 0.3) is 0 Å². The molecule has 1 unspecified atom stereocenters. The van der Waals surface area contributed by atoms with Gasteiger partial charge in [-0.15, -0.1) is 11.3 Å². The Morgan fingerprint density at radius 3 is 2.67 bits per heavy atom. The van der Waals surface area contributed by atoms with Crippen LogP contribution < -0.4 is 5.32 Å². The van der Waals surface area contributed by atoms with Crippen molar-refractivity contribution < 1.29 is 0 Å². The van der Waals surface area contributed by atoms with Crippen molar-refractivity contribution in [2.45, 2.75) is 64.5 Å². The summed E-state index contributed by atoms with van der Waals surface area (Å²) in [5.74, 6) is 0.997. The van der Waals surface area contributed by atoms with Crippen LogP contribution in [0.5, 0.6) is 0 Å². The van der Waals surface area contributed by atoms with Crippen LogP contribution in [-0.2, 0) is 0 Å². The number of nitrogens with one attached hydrogen (secondary N) is 1. The van der Waals surface area contributed by atoms with Crippen molar-refractivity contribution in [3.63, 3.8) is 0 Å². The van der Waals surface area contributed by atoms with Gasteiger partial charge in [0.05, 0.1) is 0 Å². The topological polar surface area (TPSA) is 12.0 Å². The summed E-state index contributed by atoms with van der Waals surface area (Å²) in [5.41, 5.74) is 0. The minimum atomic E-state index is 0.479. The van der Waals surface area contributed by atoms with Gasteiger partial charge < -0.3 is 5.32 Å². The van der Waals surface area contributed by atoms with Crippen LogP contribution in [-0.4, -0.2) is 6.04 Å². The third-order valence-electron chi connectivity index (χ3n) is 4.07. The zero-order valence-electron chi connectivity index (χ0n) is 11.4. The lowest BCUT2D eigenvalue weighted by molar-refractivity contribution is 0.267. The van der Waals surface area contributed by atoms with E-state index in [1.165, 1.54) is 47.9 Å². The lowest BCUT2D eigenvalue weighted by atomic mass is 9.83. The van der Waals surface area contributed by atoms with Gasteiger partial charge in [0, 0.05) is 21.4 Å². The molecule has 0 saturated heterocycles. The molecule has 1 aromatic rings. The zero-order chi connectivity index (χ0) is 13.0. The second kappa shape index (κ2) is 7.06. The van der Waals surface area contributed by atoms with E-state index < -0.39 is 0 Å². The third-order valence-corrected chi connectivity index (χ3v) is 6.12. The fraction of sp³-hybridized carbons (Fsp3) is 0.733. The van der Waals surface area contributed by atoms with Crippen LogP contribution >= 0.6 is 27.3 Å². The fourth-order valence-corrected chi connectivity index (χ4v) is 4.80. The smallest absolute Gasteiger partial charge is 0.0399 e. The number of halogens is 1. The summed E-state index contributed by atoms with van der Waals surface area (Å²) < 4.78 is 1.26. The monoisotopic (exact) mass is 329 g/mol. The Morgan fingerprint density at radius 1 is 1.39 bits per heavy atom. The molecule has 1 fully saturated rings. The number of hydrogen-bond donors (Lipinski definition) is 1. The van der Waals surface area contributed by atoms with E-state index in [4.69, 9.17) is 0 Å². The van der Waals surface area contributed by atoms with Gasteiger partial charge in [0.25, 0.3) is 0 Å². The Morgan fingerprint density at radius 2 is 2.11 bits per heavy atom. The van der Waals surface area contributed by atoms with E-state index in [1.54, 1.807) is 0 Å². The molecule has 1 aliphatic rings. The highest BCUT2D eigenvalue weighted by molar-refractivity contribution is 9.10. The molecule has 1 aromatic heterocycles. The Bertz CT molecular complexity index is 355. The first-order valence-corrected chi connectivity index (χ1v) is 8.87. The maximum Gasteiger partial charge on any atom is 0.0399 e. The number of rotatable bonds is 5. The maximum absolute atomic E-state index is 3.81. The first-order valence-electron chi connectivity index (χ1n) is 7.19. The number of hydrogen-bond acceptors (Lipinski definition) is 2. The van der Waals surface area contributed by atoms with Crippen LogP contribution in [0.15, 0.2) is 15.9 Å². The van der Waals surface area contributed by atoms with E-state index >= 15 is 0 Å². The fourth-order valence-electron chi connectivity index (χ4n) is 3.07. The second-order valence-corrected chi connectivity index (χ2v) is 7.33. The molecular formula is C15H24BrNS. The molecule has 1 N–H and O–H groups in total. The highest BCUT2D eigenvalue weighted by Crippen LogP contribution is 2.32. The average Bonchev–Trinajstić information content (AvgIpc) is 2.78. The van der Waals surface area contributed by atoms with Crippen molar-refractivity contribution in [3.8, 4) is 0 Å². The number of thiophene rings is 1. The van der Waals surface area contributed by atoms with Gasteiger partial charge in [-0.3, -0.25) is 0 Å². The van der Waals surface area contributed by atoms with E-state index in [9.17, 15) is 0 Å². The van der Waals surface area contributed by atoms with Crippen molar-refractivity contribution in [3.05, 3.63) is 20.8 Å². The van der Waals surface area contributed by atoms with Gasteiger partial charge in [-0.1, -0.05) is 19.8 Å². The molecule has 0 amide bonds. The highest BCUT2D eigenvalue weighted by atomic mass is 79.9. The summed E-state index contributed by atoms with van der Waals surface area (Å²) >= 11 is 5.48. The largest absolute Gasteiger partial charge is 0.307 e. The SMILES string of the molecule is CCCC1CCC(NC(C)c2sccc2Br)CC1.